The van der Waals surface area contributed by atoms with E-state index in [4.69, 9.17) is 4.98 Å². The van der Waals surface area contributed by atoms with Crippen LogP contribution < -0.4 is 0 Å². The largest absolute Gasteiger partial charge is 0.340 e. The molecule has 1 aliphatic heterocycles. The summed E-state index contributed by atoms with van der Waals surface area (Å²) >= 11 is 3.41. The summed E-state index contributed by atoms with van der Waals surface area (Å²) in [6.45, 7) is 6.34. The summed E-state index contributed by atoms with van der Waals surface area (Å²) in [5.74, 6) is 0.234. The minimum absolute atomic E-state index is 0.234. The van der Waals surface area contributed by atoms with Gasteiger partial charge in [-0.2, -0.15) is 11.3 Å². The van der Waals surface area contributed by atoms with Crippen molar-refractivity contribution in [3.8, 4) is 10.6 Å². The molecule has 4 nitrogen and oxygen atoms in total. The molecular formula is C21H23N3OS2. The van der Waals surface area contributed by atoms with Gasteiger partial charge in [-0.1, -0.05) is 24.3 Å². The molecule has 1 aromatic carbocycles. The molecule has 0 aliphatic carbocycles. The average molecular weight is 398 g/mol. The van der Waals surface area contributed by atoms with Crippen molar-refractivity contribution in [2.24, 2.45) is 0 Å². The molecule has 4 rings (SSSR count). The Balaban J connectivity index is 1.29. The van der Waals surface area contributed by atoms with Gasteiger partial charge in [0.25, 0.3) is 0 Å². The number of carbonyl (C=O) groups is 1. The Morgan fingerprint density at radius 2 is 1.93 bits per heavy atom. The molecule has 0 spiro atoms. The fraction of sp³-hybridized carbons (Fsp3) is 0.333. The summed E-state index contributed by atoms with van der Waals surface area (Å²) < 4.78 is 0. The molecule has 1 amide bonds. The van der Waals surface area contributed by atoms with Crippen molar-refractivity contribution in [1.29, 1.82) is 0 Å². The van der Waals surface area contributed by atoms with E-state index in [1.165, 1.54) is 11.1 Å². The van der Waals surface area contributed by atoms with E-state index in [0.717, 1.165) is 49.0 Å². The van der Waals surface area contributed by atoms with Crippen molar-refractivity contribution >= 4 is 28.6 Å². The third-order valence-corrected chi connectivity index (χ3v) is 6.66. The van der Waals surface area contributed by atoms with E-state index in [1.54, 1.807) is 22.7 Å². The standard InChI is InChI=1S/C21H23N3OS2/c1-16-4-2-3-5-17(16)12-20(25)24-9-7-23(8-10-24)13-19-15-27-21(22-19)18-6-11-26-14-18/h2-6,11,14-15H,7-10,12-13H2,1H3. The summed E-state index contributed by atoms with van der Waals surface area (Å²) in [6, 6.07) is 10.3. The smallest absolute Gasteiger partial charge is 0.227 e. The van der Waals surface area contributed by atoms with Crippen molar-refractivity contribution < 1.29 is 4.79 Å². The van der Waals surface area contributed by atoms with Gasteiger partial charge >= 0.3 is 0 Å². The van der Waals surface area contributed by atoms with Gasteiger partial charge in [0.05, 0.1) is 12.1 Å². The Hall–Kier alpha value is -2.02. The van der Waals surface area contributed by atoms with Gasteiger partial charge in [-0.05, 0) is 29.5 Å². The number of aryl methyl sites for hydroxylation is 1. The number of hydrogen-bond donors (Lipinski definition) is 0. The summed E-state index contributed by atoms with van der Waals surface area (Å²) in [7, 11) is 0. The molecule has 3 heterocycles. The highest BCUT2D eigenvalue weighted by Gasteiger charge is 2.22. The van der Waals surface area contributed by atoms with Crippen LogP contribution in [0.4, 0.5) is 0 Å². The van der Waals surface area contributed by atoms with Gasteiger partial charge in [-0.25, -0.2) is 4.98 Å². The number of amides is 1. The van der Waals surface area contributed by atoms with Crippen molar-refractivity contribution in [2.75, 3.05) is 26.2 Å². The van der Waals surface area contributed by atoms with Crippen LogP contribution >= 0.6 is 22.7 Å². The first-order valence-electron chi connectivity index (χ1n) is 9.20. The van der Waals surface area contributed by atoms with Gasteiger partial charge in [-0.3, -0.25) is 9.69 Å². The number of carbonyl (C=O) groups excluding carboxylic acids is 1. The number of thiazole rings is 1. The molecule has 3 aromatic rings. The summed E-state index contributed by atoms with van der Waals surface area (Å²) in [4.78, 5) is 21.8. The lowest BCUT2D eigenvalue weighted by Gasteiger charge is -2.34. The zero-order chi connectivity index (χ0) is 18.6. The van der Waals surface area contributed by atoms with Gasteiger partial charge in [0.2, 0.25) is 5.91 Å². The fourth-order valence-corrected chi connectivity index (χ4v) is 4.89. The third-order valence-electron chi connectivity index (χ3n) is 5.03. The van der Waals surface area contributed by atoms with Gasteiger partial charge < -0.3 is 4.90 Å². The minimum atomic E-state index is 0.234. The molecular weight excluding hydrogens is 374 g/mol. The molecule has 1 fully saturated rings. The maximum Gasteiger partial charge on any atom is 0.227 e. The number of hydrogen-bond acceptors (Lipinski definition) is 5. The van der Waals surface area contributed by atoms with Crippen LogP contribution in [0.2, 0.25) is 0 Å². The highest BCUT2D eigenvalue weighted by atomic mass is 32.1. The highest BCUT2D eigenvalue weighted by molar-refractivity contribution is 7.14. The normalized spacial score (nSPS) is 15.2. The molecule has 6 heteroatoms. The number of aromatic nitrogens is 1. The number of piperazine rings is 1. The van der Waals surface area contributed by atoms with Crippen molar-refractivity contribution in [3.63, 3.8) is 0 Å². The molecule has 1 aliphatic rings. The predicted octanol–water partition coefficient (Wildman–Crippen LogP) is 4.07. The van der Waals surface area contributed by atoms with E-state index in [9.17, 15) is 4.79 Å². The minimum Gasteiger partial charge on any atom is -0.340 e. The highest BCUT2D eigenvalue weighted by Crippen LogP contribution is 2.26. The zero-order valence-electron chi connectivity index (χ0n) is 15.4. The third kappa shape index (κ3) is 4.46. The lowest BCUT2D eigenvalue weighted by atomic mass is 10.1. The lowest BCUT2D eigenvalue weighted by molar-refractivity contribution is -0.132. The Morgan fingerprint density at radius 3 is 2.67 bits per heavy atom. The molecule has 140 valence electrons. The molecule has 27 heavy (non-hydrogen) atoms. The van der Waals surface area contributed by atoms with Crippen LogP contribution in [0.1, 0.15) is 16.8 Å². The monoisotopic (exact) mass is 397 g/mol. The number of nitrogens with zero attached hydrogens (tertiary/aromatic N) is 3. The van der Waals surface area contributed by atoms with Crippen LogP contribution in [0, 0.1) is 6.92 Å². The van der Waals surface area contributed by atoms with Crippen molar-refractivity contribution in [2.45, 2.75) is 19.9 Å². The van der Waals surface area contributed by atoms with Gasteiger partial charge in [0.15, 0.2) is 0 Å². The first kappa shape index (κ1) is 18.3. The van der Waals surface area contributed by atoms with E-state index < -0.39 is 0 Å². The van der Waals surface area contributed by atoms with Crippen molar-refractivity contribution in [3.05, 3.63) is 63.3 Å². The fourth-order valence-electron chi connectivity index (χ4n) is 3.37. The van der Waals surface area contributed by atoms with Gasteiger partial charge in [-0.15, -0.1) is 11.3 Å². The van der Waals surface area contributed by atoms with Crippen LogP contribution in [0.15, 0.2) is 46.5 Å². The second-order valence-electron chi connectivity index (χ2n) is 6.92. The van der Waals surface area contributed by atoms with Crippen LogP contribution in [0.5, 0.6) is 0 Å². The molecule has 2 aromatic heterocycles. The van der Waals surface area contributed by atoms with E-state index in [2.05, 4.69) is 46.2 Å². The SMILES string of the molecule is Cc1ccccc1CC(=O)N1CCN(Cc2csc(-c3ccsc3)n2)CC1. The first-order chi connectivity index (χ1) is 13.2. The molecule has 0 N–H and O–H groups in total. The van der Waals surface area contributed by atoms with E-state index in [-0.39, 0.29) is 5.91 Å². The Labute approximate surface area is 168 Å². The van der Waals surface area contributed by atoms with Crippen LogP contribution in [-0.4, -0.2) is 46.9 Å². The maximum atomic E-state index is 12.6. The average Bonchev–Trinajstić information content (AvgIpc) is 3.36. The molecule has 0 atom stereocenters. The maximum absolute atomic E-state index is 12.6. The quantitative estimate of drug-likeness (QED) is 0.651. The lowest BCUT2D eigenvalue weighted by Crippen LogP contribution is -2.48. The van der Waals surface area contributed by atoms with Crippen LogP contribution in [0.3, 0.4) is 0 Å². The number of thiophene rings is 1. The molecule has 0 bridgehead atoms. The zero-order valence-corrected chi connectivity index (χ0v) is 17.1. The topological polar surface area (TPSA) is 36.4 Å². The van der Waals surface area contributed by atoms with Gasteiger partial charge in [0.1, 0.15) is 5.01 Å². The van der Waals surface area contributed by atoms with Crippen molar-refractivity contribution in [1.82, 2.24) is 14.8 Å². The second kappa shape index (κ2) is 8.33. The summed E-state index contributed by atoms with van der Waals surface area (Å²) in [5, 5.41) is 7.48. The number of rotatable bonds is 5. The number of benzene rings is 1. The van der Waals surface area contributed by atoms with E-state index in [1.807, 2.05) is 17.0 Å². The predicted molar refractivity (Wildman–Crippen MR) is 112 cm³/mol. The van der Waals surface area contributed by atoms with E-state index in [0.29, 0.717) is 6.42 Å². The Kier molecular flexibility index (Phi) is 5.66. The summed E-state index contributed by atoms with van der Waals surface area (Å²) in [6.07, 6.45) is 0.503. The van der Waals surface area contributed by atoms with Crippen LogP contribution in [-0.2, 0) is 17.8 Å². The molecule has 0 radical (unpaired) electrons. The molecule has 0 saturated carbocycles. The van der Waals surface area contributed by atoms with Gasteiger partial charge in [0, 0.05) is 49.0 Å². The Morgan fingerprint density at radius 1 is 1.11 bits per heavy atom. The first-order valence-corrected chi connectivity index (χ1v) is 11.0. The van der Waals surface area contributed by atoms with E-state index >= 15 is 0 Å². The summed E-state index contributed by atoms with van der Waals surface area (Å²) in [5.41, 5.74) is 4.66. The molecule has 0 unspecified atom stereocenters. The molecule has 1 saturated heterocycles. The van der Waals surface area contributed by atoms with Crippen LogP contribution in [0.25, 0.3) is 10.6 Å². The Bertz CT molecular complexity index is 896. The second-order valence-corrected chi connectivity index (χ2v) is 8.55.